The number of benzene rings is 1. The minimum absolute atomic E-state index is 0.00681. The molecule has 0 radical (unpaired) electrons. The van der Waals surface area contributed by atoms with Crippen molar-refractivity contribution in [2.24, 2.45) is 5.92 Å². The van der Waals surface area contributed by atoms with Crippen LogP contribution >= 0.6 is 0 Å². The lowest BCUT2D eigenvalue weighted by molar-refractivity contribution is -0.140. The molecular weight excluding hydrogens is 427 g/mol. The van der Waals surface area contributed by atoms with Gasteiger partial charge in [-0.1, -0.05) is 5.16 Å². The Labute approximate surface area is 194 Å². The largest absolute Gasteiger partial charge is 0.355 e. The molecule has 1 amide bonds. The van der Waals surface area contributed by atoms with E-state index in [1.165, 1.54) is 18.6 Å². The molecule has 2 aliphatic rings. The van der Waals surface area contributed by atoms with E-state index in [1.807, 2.05) is 0 Å². The number of carbonyl (C=O) groups excluding carboxylic acids is 1. The van der Waals surface area contributed by atoms with Gasteiger partial charge in [0.05, 0.1) is 11.8 Å². The van der Waals surface area contributed by atoms with E-state index in [4.69, 9.17) is 14.0 Å². The van der Waals surface area contributed by atoms with Gasteiger partial charge in [-0.15, -0.1) is 0 Å². The van der Waals surface area contributed by atoms with Gasteiger partial charge < -0.3 is 24.2 Å². The van der Waals surface area contributed by atoms with Crippen LogP contribution in [0.15, 0.2) is 22.7 Å². The second-order valence-electron chi connectivity index (χ2n) is 9.15. The van der Waals surface area contributed by atoms with Crippen LogP contribution in [0.25, 0.3) is 11.0 Å². The van der Waals surface area contributed by atoms with E-state index in [0.717, 1.165) is 69.6 Å². The number of piperazine rings is 1. The predicted molar refractivity (Wildman–Crippen MR) is 124 cm³/mol. The lowest BCUT2D eigenvalue weighted by atomic mass is 9.84. The van der Waals surface area contributed by atoms with Gasteiger partial charge in [0.2, 0.25) is 5.91 Å². The molecule has 0 unspecified atom stereocenters. The zero-order valence-corrected chi connectivity index (χ0v) is 19.6. The summed E-state index contributed by atoms with van der Waals surface area (Å²) in [4.78, 5) is 16.8. The maximum absolute atomic E-state index is 13.6. The summed E-state index contributed by atoms with van der Waals surface area (Å²) < 4.78 is 29.2. The number of hydrogen-bond donors (Lipinski definition) is 1. The number of nitrogens with one attached hydrogen (secondary N) is 1. The van der Waals surface area contributed by atoms with Crippen LogP contribution in [0.1, 0.15) is 38.5 Å². The van der Waals surface area contributed by atoms with Crippen molar-refractivity contribution < 1.29 is 23.2 Å². The highest BCUT2D eigenvalue weighted by Gasteiger charge is 2.26. The Kier molecular flexibility index (Phi) is 8.16. The van der Waals surface area contributed by atoms with Crippen LogP contribution in [0.2, 0.25) is 0 Å². The predicted octanol–water partition coefficient (Wildman–Crippen LogP) is 3.16. The molecule has 1 aliphatic carbocycles. The first-order valence-corrected chi connectivity index (χ1v) is 11.9. The Morgan fingerprint density at radius 1 is 1.18 bits per heavy atom. The number of ether oxygens (including phenoxy) is 2. The van der Waals surface area contributed by atoms with Gasteiger partial charge in [-0.05, 0) is 62.8 Å². The maximum Gasteiger partial charge on any atom is 0.225 e. The molecule has 0 spiro atoms. The topological polar surface area (TPSA) is 80.1 Å². The van der Waals surface area contributed by atoms with Gasteiger partial charge in [0.25, 0.3) is 0 Å². The Morgan fingerprint density at radius 3 is 2.61 bits per heavy atom. The van der Waals surface area contributed by atoms with Crippen LogP contribution in [0.4, 0.5) is 10.2 Å². The van der Waals surface area contributed by atoms with Crippen molar-refractivity contribution >= 4 is 22.7 Å². The smallest absolute Gasteiger partial charge is 0.225 e. The fourth-order valence-corrected chi connectivity index (χ4v) is 4.97. The third kappa shape index (κ3) is 6.22. The molecule has 4 rings (SSSR count). The number of hydrogen-bond acceptors (Lipinski definition) is 7. The quantitative estimate of drug-likeness (QED) is 0.574. The molecular formula is C24H35FN4O4. The lowest BCUT2D eigenvalue weighted by Gasteiger charge is -2.36. The number of amides is 1. The van der Waals surface area contributed by atoms with Gasteiger partial charge in [-0.25, -0.2) is 4.39 Å². The average Bonchev–Trinajstić information content (AvgIpc) is 3.25. The highest BCUT2D eigenvalue weighted by atomic mass is 19.1. The Balaban J connectivity index is 1.15. The van der Waals surface area contributed by atoms with Crippen LogP contribution in [-0.2, 0) is 14.3 Å². The monoisotopic (exact) mass is 462 g/mol. The van der Waals surface area contributed by atoms with Gasteiger partial charge in [-0.3, -0.25) is 9.69 Å². The second-order valence-corrected chi connectivity index (χ2v) is 9.15. The van der Waals surface area contributed by atoms with Crippen LogP contribution in [0.5, 0.6) is 0 Å². The van der Waals surface area contributed by atoms with Crippen molar-refractivity contribution in [2.75, 3.05) is 51.8 Å². The molecule has 1 aliphatic heterocycles. The fraction of sp³-hybridized carbons (Fsp3) is 0.667. The van der Waals surface area contributed by atoms with Crippen molar-refractivity contribution in [2.45, 2.75) is 50.9 Å². The van der Waals surface area contributed by atoms with Crippen molar-refractivity contribution in [3.63, 3.8) is 0 Å². The molecule has 1 N–H and O–H groups in total. The molecule has 2 aromatic rings. The Hall–Kier alpha value is -2.23. The average molecular weight is 463 g/mol. The molecule has 1 saturated carbocycles. The van der Waals surface area contributed by atoms with Crippen molar-refractivity contribution in [1.82, 2.24) is 15.4 Å². The highest BCUT2D eigenvalue weighted by Crippen LogP contribution is 2.29. The Bertz CT molecular complexity index is 903. The molecule has 2 fully saturated rings. The summed E-state index contributed by atoms with van der Waals surface area (Å²) in [7, 11) is 3.09. The number of rotatable bonds is 9. The summed E-state index contributed by atoms with van der Waals surface area (Å²) >= 11 is 0. The molecule has 0 bridgehead atoms. The molecule has 33 heavy (non-hydrogen) atoms. The zero-order chi connectivity index (χ0) is 23.2. The summed E-state index contributed by atoms with van der Waals surface area (Å²) in [6.45, 7) is 4.75. The first-order chi connectivity index (χ1) is 16.1. The van der Waals surface area contributed by atoms with Crippen molar-refractivity contribution in [3.05, 3.63) is 24.0 Å². The summed E-state index contributed by atoms with van der Waals surface area (Å²) in [5, 5.41) is 8.05. The summed E-state index contributed by atoms with van der Waals surface area (Å²) in [6, 6.07) is 4.79. The molecule has 2 heterocycles. The van der Waals surface area contributed by atoms with Crippen LogP contribution in [0, 0.1) is 11.7 Å². The maximum atomic E-state index is 13.6. The second kappa shape index (κ2) is 11.3. The number of nitrogens with zero attached hydrogens (tertiary/aromatic N) is 3. The molecule has 1 saturated heterocycles. The molecule has 182 valence electrons. The van der Waals surface area contributed by atoms with E-state index in [1.54, 1.807) is 20.3 Å². The van der Waals surface area contributed by atoms with E-state index >= 15 is 0 Å². The number of fused-ring (bicyclic) bond motifs is 1. The van der Waals surface area contributed by atoms with Crippen LogP contribution in [-0.4, -0.2) is 75.2 Å². The highest BCUT2D eigenvalue weighted by molar-refractivity contribution is 5.88. The normalized spacial score (nSPS) is 22.2. The Morgan fingerprint density at radius 2 is 1.91 bits per heavy atom. The van der Waals surface area contributed by atoms with Crippen LogP contribution < -0.4 is 10.2 Å². The number of anilines is 1. The third-order valence-electron chi connectivity index (χ3n) is 7.03. The first-order valence-electron chi connectivity index (χ1n) is 11.9. The van der Waals surface area contributed by atoms with E-state index in [9.17, 15) is 9.18 Å². The first kappa shape index (κ1) is 23.9. The standard InChI is InChI=1S/C24H35FN4O4/c1-31-23(32-2)16-22(30)26-19-6-3-17(4-7-19)9-10-28-11-13-29(14-12-28)24-20-15-18(25)5-8-21(20)33-27-24/h5,8,15,17,19,23H,3-4,6-7,9-14,16H2,1-2H3,(H,26,30). The van der Waals surface area contributed by atoms with Crippen molar-refractivity contribution in [3.8, 4) is 0 Å². The molecule has 1 aromatic carbocycles. The zero-order valence-electron chi connectivity index (χ0n) is 19.6. The third-order valence-corrected chi connectivity index (χ3v) is 7.03. The summed E-state index contributed by atoms with van der Waals surface area (Å²) in [6.07, 6.45) is 5.31. The van der Waals surface area contributed by atoms with Gasteiger partial charge in [0.15, 0.2) is 17.7 Å². The van der Waals surface area contributed by atoms with Gasteiger partial charge in [0, 0.05) is 46.4 Å². The van der Waals surface area contributed by atoms with E-state index in [0.29, 0.717) is 11.5 Å². The van der Waals surface area contributed by atoms with Gasteiger partial charge >= 0.3 is 0 Å². The number of halogens is 1. The molecule has 8 nitrogen and oxygen atoms in total. The van der Waals surface area contributed by atoms with E-state index < -0.39 is 6.29 Å². The molecule has 0 atom stereocenters. The lowest BCUT2D eigenvalue weighted by Crippen LogP contribution is -2.47. The van der Waals surface area contributed by atoms with Crippen molar-refractivity contribution in [1.29, 1.82) is 0 Å². The molecule has 9 heteroatoms. The minimum Gasteiger partial charge on any atom is -0.355 e. The SMILES string of the molecule is COC(CC(=O)NC1CCC(CCN2CCN(c3noc4ccc(F)cc34)CC2)CC1)OC. The van der Waals surface area contributed by atoms with Crippen LogP contribution in [0.3, 0.4) is 0 Å². The fourth-order valence-electron chi connectivity index (χ4n) is 4.97. The van der Waals surface area contributed by atoms with E-state index in [2.05, 4.69) is 20.3 Å². The van der Waals surface area contributed by atoms with Gasteiger partial charge in [-0.2, -0.15) is 0 Å². The van der Waals surface area contributed by atoms with E-state index in [-0.39, 0.29) is 24.2 Å². The number of aromatic nitrogens is 1. The summed E-state index contributed by atoms with van der Waals surface area (Å²) in [5.41, 5.74) is 0.623. The van der Waals surface area contributed by atoms with Gasteiger partial charge in [0.1, 0.15) is 5.82 Å². The summed E-state index contributed by atoms with van der Waals surface area (Å²) in [5.74, 6) is 1.18. The minimum atomic E-state index is -0.481. The number of carbonyl (C=O) groups is 1. The number of methoxy groups -OCH3 is 2. The molecule has 1 aromatic heterocycles.